The molecular weight excluding hydrogens is 927 g/mol. The number of rotatable bonds is 22. The van der Waals surface area contributed by atoms with Gasteiger partial charge in [-0.2, -0.15) is 0 Å². The lowest BCUT2D eigenvalue weighted by Gasteiger charge is -2.43. The highest BCUT2D eigenvalue weighted by molar-refractivity contribution is 5.96. The van der Waals surface area contributed by atoms with Crippen LogP contribution in [0, 0.1) is 29.1 Å². The molecule has 0 aliphatic carbocycles. The number of carbonyl (C=O) groups is 7. The first-order valence-corrected chi connectivity index (χ1v) is 27.5. The van der Waals surface area contributed by atoms with Crippen molar-refractivity contribution < 1.29 is 43.4 Å². The number of ether oxygens (including phenoxy) is 1. The number of amides is 5. The number of nitrogens with one attached hydrogen (secondary N) is 2. The van der Waals surface area contributed by atoms with Gasteiger partial charge in [0.1, 0.15) is 23.7 Å². The number of hydrogen-bond acceptors (Lipinski definition) is 10. The van der Waals surface area contributed by atoms with Crippen molar-refractivity contribution in [2.24, 2.45) is 29.1 Å². The average Bonchev–Trinajstić information content (AvgIpc) is 3.81. The zero-order chi connectivity index (χ0) is 55.6. The molecule has 3 fully saturated rings. The van der Waals surface area contributed by atoms with Gasteiger partial charge in [0, 0.05) is 50.4 Å². The van der Waals surface area contributed by atoms with Crippen LogP contribution in [0.5, 0.6) is 0 Å². The minimum Gasteiger partial charge on any atom is -0.478 e. The fraction of sp³-hybridized carbons (Fsp3) is 0.807. The van der Waals surface area contributed by atoms with Crippen LogP contribution in [0.1, 0.15) is 175 Å². The van der Waals surface area contributed by atoms with Crippen molar-refractivity contribution in [3.05, 3.63) is 23.3 Å². The third-order valence-electron chi connectivity index (χ3n) is 15.7. The molecule has 3 heterocycles. The number of esters is 1. The molecule has 9 atom stereocenters. The molecule has 16 nitrogen and oxygen atoms in total. The maximum Gasteiger partial charge on any atom is 0.331 e. The number of nitrogens with zero attached hydrogens (tertiary/aromatic N) is 5. The molecule has 6 unspecified atom stereocenters. The summed E-state index contributed by atoms with van der Waals surface area (Å²) >= 11 is 0. The monoisotopic (exact) mass is 1030 g/mol. The first kappa shape index (κ1) is 63.0. The molecule has 3 rings (SSSR count). The van der Waals surface area contributed by atoms with E-state index in [0.717, 1.165) is 32.4 Å². The van der Waals surface area contributed by atoms with Crippen molar-refractivity contribution in [1.82, 2.24) is 35.1 Å². The molecule has 3 aliphatic rings. The van der Waals surface area contributed by atoms with Crippen molar-refractivity contribution in [2.75, 3.05) is 33.7 Å². The Hall–Kier alpha value is -4.31. The maximum absolute atomic E-state index is 15.1. The predicted molar refractivity (Wildman–Crippen MR) is 288 cm³/mol. The summed E-state index contributed by atoms with van der Waals surface area (Å²) in [5, 5.41) is 16.2. The van der Waals surface area contributed by atoms with Gasteiger partial charge in [-0.05, 0) is 149 Å². The summed E-state index contributed by atoms with van der Waals surface area (Å²) in [6.45, 7) is 34.6. The van der Waals surface area contributed by atoms with Gasteiger partial charge >= 0.3 is 11.9 Å². The Morgan fingerprint density at radius 2 is 1.22 bits per heavy atom. The largest absolute Gasteiger partial charge is 0.478 e. The van der Waals surface area contributed by atoms with Gasteiger partial charge in [0.15, 0.2) is 0 Å². The number of aliphatic carboxylic acids is 1. The summed E-state index contributed by atoms with van der Waals surface area (Å²) in [6.07, 6.45) is 9.48. The summed E-state index contributed by atoms with van der Waals surface area (Å²) in [6, 6.07) is -4.45. The van der Waals surface area contributed by atoms with Gasteiger partial charge in [-0.15, -0.1) is 0 Å². The molecule has 0 saturated carbocycles. The molecule has 0 aromatic carbocycles. The summed E-state index contributed by atoms with van der Waals surface area (Å²) in [5.41, 5.74) is -1.16. The van der Waals surface area contributed by atoms with E-state index < -0.39 is 59.2 Å². The molecule has 16 heteroatoms. The minimum absolute atomic E-state index is 0.0953. The molecule has 0 radical (unpaired) electrons. The van der Waals surface area contributed by atoms with E-state index in [-0.39, 0.29) is 71.0 Å². The number of carbonyl (C=O) groups excluding carboxylic acids is 6. The Morgan fingerprint density at radius 1 is 0.671 bits per heavy atom. The highest BCUT2D eigenvalue weighted by Gasteiger charge is 2.44. The Labute approximate surface area is 440 Å². The zero-order valence-electron chi connectivity index (χ0n) is 48.6. The Kier molecular flexibility index (Phi) is 23.3. The van der Waals surface area contributed by atoms with Crippen LogP contribution in [0.25, 0.3) is 0 Å². The van der Waals surface area contributed by atoms with Crippen LogP contribution in [0.2, 0.25) is 0 Å². The summed E-state index contributed by atoms with van der Waals surface area (Å²) in [7, 11) is 3.36. The van der Waals surface area contributed by atoms with Gasteiger partial charge in [-0.25, -0.2) is 9.59 Å². The number of likely N-dealkylation sites (tertiary alicyclic amines) is 3. The second-order valence-electron chi connectivity index (χ2n) is 24.8. The second kappa shape index (κ2) is 27.0. The standard InChI is InChI=1S/C57H99N7O9/c1-34(2)45(32-41(12)54(70)71)60(18)53(69)48(59-50(66)43-26-25-38(9)33-64(43)37(7)8)57(16,17)28-27-39(10)46(31-40(11)51(67)63-30-22-24-44(63)55(72)73-56(13,14)15)61(19)52(68)47(35(3)4)58-49(65)42-23-20-21-29-62(42)36(5)6/h31-32,34-39,42-48H,20-30,33H2,1-19H3,(H,58,65)(H,59,66)(H,70,71)/b40-31+,41-32+/t38-,39?,42?,43?,44?,45+,46+,47?,48?/m0/s1. The normalized spacial score (nSPS) is 23.0. The Balaban J connectivity index is 2.12. The van der Waals surface area contributed by atoms with Crippen LogP contribution >= 0.6 is 0 Å². The first-order chi connectivity index (χ1) is 33.7. The van der Waals surface area contributed by atoms with Crippen LogP contribution in [0.15, 0.2) is 23.3 Å². The lowest BCUT2D eigenvalue weighted by atomic mass is 9.76. The highest BCUT2D eigenvalue weighted by atomic mass is 16.6. The molecule has 0 aromatic heterocycles. The van der Waals surface area contributed by atoms with Gasteiger partial charge in [-0.3, -0.25) is 33.8 Å². The molecule has 416 valence electrons. The van der Waals surface area contributed by atoms with E-state index in [0.29, 0.717) is 56.6 Å². The van der Waals surface area contributed by atoms with Crippen LogP contribution in [-0.2, 0) is 38.3 Å². The van der Waals surface area contributed by atoms with E-state index >= 15 is 4.79 Å². The number of carboxylic acids is 1. The minimum atomic E-state index is -1.08. The first-order valence-electron chi connectivity index (χ1n) is 27.5. The van der Waals surface area contributed by atoms with Crippen molar-refractivity contribution in [2.45, 2.75) is 235 Å². The van der Waals surface area contributed by atoms with Crippen molar-refractivity contribution in [3.63, 3.8) is 0 Å². The molecule has 0 spiro atoms. The molecule has 0 bridgehead atoms. The van der Waals surface area contributed by atoms with E-state index in [1.54, 1.807) is 68.6 Å². The van der Waals surface area contributed by atoms with E-state index in [1.807, 2.05) is 48.5 Å². The van der Waals surface area contributed by atoms with Gasteiger partial charge in [0.25, 0.3) is 0 Å². The summed E-state index contributed by atoms with van der Waals surface area (Å²) < 4.78 is 5.73. The lowest BCUT2D eigenvalue weighted by molar-refractivity contribution is -0.162. The van der Waals surface area contributed by atoms with E-state index in [9.17, 15) is 33.9 Å². The van der Waals surface area contributed by atoms with Crippen LogP contribution < -0.4 is 10.6 Å². The van der Waals surface area contributed by atoms with Crippen LogP contribution in [0.4, 0.5) is 0 Å². The van der Waals surface area contributed by atoms with Crippen molar-refractivity contribution in [3.8, 4) is 0 Å². The maximum atomic E-state index is 15.1. The molecule has 0 aromatic rings. The number of likely N-dealkylation sites (N-methyl/N-ethyl adjacent to an activating group) is 2. The third kappa shape index (κ3) is 17.1. The van der Waals surface area contributed by atoms with Gasteiger partial charge < -0.3 is 35.2 Å². The predicted octanol–water partition coefficient (Wildman–Crippen LogP) is 7.45. The fourth-order valence-corrected chi connectivity index (χ4v) is 11.0. The number of hydrogen-bond donors (Lipinski definition) is 3. The average molecular weight is 1030 g/mol. The smallest absolute Gasteiger partial charge is 0.331 e. The molecule has 5 amide bonds. The Morgan fingerprint density at radius 3 is 1.77 bits per heavy atom. The van der Waals surface area contributed by atoms with Gasteiger partial charge in [0.2, 0.25) is 29.5 Å². The van der Waals surface area contributed by atoms with E-state index in [1.165, 1.54) is 6.92 Å². The van der Waals surface area contributed by atoms with Crippen molar-refractivity contribution >= 4 is 41.5 Å². The molecule has 73 heavy (non-hydrogen) atoms. The summed E-state index contributed by atoms with van der Waals surface area (Å²) in [5.74, 6) is -3.28. The fourth-order valence-electron chi connectivity index (χ4n) is 11.0. The SMILES string of the molecule is C/C(=C\[C@H](C(C)C)N(C)C(=O)C(NC(=O)C1CC[C@H](C)CN1C(C)C)C(C)(C)CCC(C)[C@@H](/C=C(\C)C(=O)N1CCCC1C(=O)OC(C)(C)C)N(C)C(=O)C(NC(=O)C1CCCCN1C(C)C)C(C)C)C(=O)O. The Bertz CT molecular complexity index is 1990. The number of piperidine rings is 2. The molecular formula is C57H99N7O9. The van der Waals surface area contributed by atoms with Crippen LogP contribution in [0.3, 0.4) is 0 Å². The number of carboxylic acid groups (broad SMARTS) is 1. The van der Waals surface area contributed by atoms with Gasteiger partial charge in [0.05, 0.1) is 24.2 Å². The van der Waals surface area contributed by atoms with E-state index in [2.05, 4.69) is 55.1 Å². The zero-order valence-corrected chi connectivity index (χ0v) is 48.6. The second-order valence-corrected chi connectivity index (χ2v) is 24.8. The van der Waals surface area contributed by atoms with Crippen LogP contribution in [-0.4, -0.2) is 165 Å². The topological polar surface area (TPSA) is 189 Å². The van der Waals surface area contributed by atoms with Gasteiger partial charge in [-0.1, -0.05) is 74.0 Å². The molecule has 3 saturated heterocycles. The molecule has 3 aliphatic heterocycles. The third-order valence-corrected chi connectivity index (χ3v) is 15.7. The highest BCUT2D eigenvalue weighted by Crippen LogP contribution is 2.35. The van der Waals surface area contributed by atoms with Crippen molar-refractivity contribution in [1.29, 1.82) is 0 Å². The quantitative estimate of drug-likeness (QED) is 0.0722. The lowest BCUT2D eigenvalue weighted by Crippen LogP contribution is -2.61. The molecule has 3 N–H and O–H groups in total. The van der Waals surface area contributed by atoms with E-state index in [4.69, 9.17) is 4.74 Å². The summed E-state index contributed by atoms with van der Waals surface area (Å²) in [4.78, 5) is 108.